The van der Waals surface area contributed by atoms with Gasteiger partial charge in [0.25, 0.3) is 0 Å². The van der Waals surface area contributed by atoms with Gasteiger partial charge in [-0.3, -0.25) is 0 Å². The molecule has 2 rings (SSSR count). The van der Waals surface area contributed by atoms with Gasteiger partial charge in [-0.25, -0.2) is 4.98 Å². The average Bonchev–Trinajstić information content (AvgIpc) is 2.47. The Hall–Kier alpha value is -0.680. The number of rotatable bonds is 3. The van der Waals surface area contributed by atoms with E-state index in [1.54, 1.807) is 6.33 Å². The number of nitrogens with zero attached hydrogens (tertiary/aromatic N) is 3. The third kappa shape index (κ3) is 1.30. The van der Waals surface area contributed by atoms with Crippen molar-refractivity contribution in [2.45, 2.75) is 13.0 Å². The molecule has 1 aromatic heterocycles. The highest BCUT2D eigenvalue weighted by molar-refractivity contribution is 7.09. The number of hydrogen-bond donors (Lipinski definition) is 1. The molecule has 12 heavy (non-hydrogen) atoms. The quantitative estimate of drug-likeness (QED) is 0.735. The van der Waals surface area contributed by atoms with Gasteiger partial charge >= 0.3 is 0 Å². The van der Waals surface area contributed by atoms with Crippen LogP contribution in [0.3, 0.4) is 0 Å². The summed E-state index contributed by atoms with van der Waals surface area (Å²) < 4.78 is 4.00. The van der Waals surface area contributed by atoms with E-state index >= 15 is 0 Å². The zero-order chi connectivity index (χ0) is 8.39. The van der Waals surface area contributed by atoms with Crippen molar-refractivity contribution in [2.75, 3.05) is 24.5 Å². The molecular formula is C7H12N4S. The molecule has 1 aliphatic rings. The van der Waals surface area contributed by atoms with Gasteiger partial charge in [0.15, 0.2) is 0 Å². The van der Waals surface area contributed by atoms with E-state index in [1.165, 1.54) is 11.5 Å². The fourth-order valence-electron chi connectivity index (χ4n) is 1.34. The van der Waals surface area contributed by atoms with Crippen LogP contribution >= 0.6 is 11.5 Å². The maximum atomic E-state index is 4.20. The van der Waals surface area contributed by atoms with Crippen molar-refractivity contribution in [3.05, 3.63) is 6.33 Å². The summed E-state index contributed by atoms with van der Waals surface area (Å²) in [5.41, 5.74) is 0. The van der Waals surface area contributed by atoms with E-state index in [2.05, 4.69) is 26.5 Å². The maximum absolute atomic E-state index is 4.20. The second-order valence-corrected chi connectivity index (χ2v) is 3.58. The smallest absolute Gasteiger partial charge is 0.205 e. The van der Waals surface area contributed by atoms with Crippen molar-refractivity contribution in [1.29, 1.82) is 0 Å². The number of anilines is 1. The number of nitrogens with one attached hydrogen (secondary N) is 1. The maximum Gasteiger partial charge on any atom is 0.205 e. The molecular weight excluding hydrogens is 172 g/mol. The Morgan fingerprint density at radius 2 is 2.58 bits per heavy atom. The lowest BCUT2D eigenvalue weighted by Crippen LogP contribution is -2.57. The zero-order valence-electron chi connectivity index (χ0n) is 7.03. The first-order chi connectivity index (χ1) is 5.92. The Kier molecular flexibility index (Phi) is 2.23. The lowest BCUT2D eigenvalue weighted by Gasteiger charge is -2.37. The first kappa shape index (κ1) is 7.94. The van der Waals surface area contributed by atoms with Gasteiger partial charge in [-0.15, -0.1) is 0 Å². The lowest BCUT2D eigenvalue weighted by atomic mass is 10.1. The molecule has 1 N–H and O–H groups in total. The first-order valence-electron chi connectivity index (χ1n) is 4.16. The Labute approximate surface area is 75.8 Å². The minimum absolute atomic E-state index is 0.628. The van der Waals surface area contributed by atoms with Crippen molar-refractivity contribution in [3.63, 3.8) is 0 Å². The molecule has 2 heterocycles. The van der Waals surface area contributed by atoms with Crippen LogP contribution in [0, 0.1) is 0 Å². The lowest BCUT2D eigenvalue weighted by molar-refractivity contribution is 0.417. The largest absolute Gasteiger partial charge is 0.342 e. The summed E-state index contributed by atoms with van der Waals surface area (Å²) in [6.45, 7) is 5.32. The summed E-state index contributed by atoms with van der Waals surface area (Å²) in [4.78, 5) is 6.50. The Bertz CT molecular complexity index is 232. The molecule has 0 spiro atoms. The standard InChI is InChI=1S/C7H12N4S/c1-2-11(6-3-8-4-6)7-9-5-10-12-7/h5-6,8H,2-4H2,1H3. The van der Waals surface area contributed by atoms with Crippen molar-refractivity contribution in [3.8, 4) is 0 Å². The molecule has 0 radical (unpaired) electrons. The summed E-state index contributed by atoms with van der Waals surface area (Å²) in [6.07, 6.45) is 1.62. The van der Waals surface area contributed by atoms with E-state index in [9.17, 15) is 0 Å². The third-order valence-corrected chi connectivity index (χ3v) is 2.84. The van der Waals surface area contributed by atoms with Crippen molar-refractivity contribution < 1.29 is 0 Å². The van der Waals surface area contributed by atoms with Crippen molar-refractivity contribution in [2.24, 2.45) is 0 Å². The topological polar surface area (TPSA) is 41.1 Å². The zero-order valence-corrected chi connectivity index (χ0v) is 7.84. The van der Waals surface area contributed by atoms with Gasteiger partial charge in [0, 0.05) is 31.2 Å². The van der Waals surface area contributed by atoms with Gasteiger partial charge < -0.3 is 10.2 Å². The highest BCUT2D eigenvalue weighted by Crippen LogP contribution is 2.18. The van der Waals surface area contributed by atoms with E-state index in [0.29, 0.717) is 6.04 Å². The van der Waals surface area contributed by atoms with Crippen molar-refractivity contribution in [1.82, 2.24) is 14.7 Å². The highest BCUT2D eigenvalue weighted by Gasteiger charge is 2.24. The van der Waals surface area contributed by atoms with Gasteiger partial charge in [0.05, 0.1) is 6.04 Å². The number of aromatic nitrogens is 2. The van der Waals surface area contributed by atoms with Gasteiger partial charge in [0.2, 0.25) is 5.13 Å². The molecule has 0 aromatic carbocycles. The molecule has 0 saturated carbocycles. The molecule has 66 valence electrons. The number of likely N-dealkylation sites (N-methyl/N-ethyl adjacent to an activating group) is 1. The summed E-state index contributed by atoms with van der Waals surface area (Å²) in [7, 11) is 0. The molecule has 5 heteroatoms. The predicted octanol–water partition coefficient (Wildman–Crippen LogP) is 0.336. The van der Waals surface area contributed by atoms with Gasteiger partial charge in [0.1, 0.15) is 6.33 Å². The second kappa shape index (κ2) is 3.37. The van der Waals surface area contributed by atoms with Crippen LogP contribution in [-0.2, 0) is 0 Å². The molecule has 1 aromatic rings. The summed E-state index contributed by atoms with van der Waals surface area (Å²) in [5.74, 6) is 0. The minimum atomic E-state index is 0.628. The van der Waals surface area contributed by atoms with E-state index in [1.807, 2.05) is 0 Å². The Balaban J connectivity index is 2.07. The molecule has 1 aliphatic heterocycles. The monoisotopic (exact) mass is 184 g/mol. The van der Waals surface area contributed by atoms with Crippen LogP contribution in [-0.4, -0.2) is 35.0 Å². The normalized spacial score (nSPS) is 17.4. The average molecular weight is 184 g/mol. The Morgan fingerprint density at radius 1 is 1.75 bits per heavy atom. The van der Waals surface area contributed by atoms with Crippen LogP contribution in [0.4, 0.5) is 5.13 Å². The predicted molar refractivity (Wildman–Crippen MR) is 49.6 cm³/mol. The molecule has 1 saturated heterocycles. The molecule has 4 nitrogen and oxygen atoms in total. The highest BCUT2D eigenvalue weighted by atomic mass is 32.1. The van der Waals surface area contributed by atoms with E-state index < -0.39 is 0 Å². The molecule has 0 aliphatic carbocycles. The van der Waals surface area contributed by atoms with Gasteiger partial charge in [-0.05, 0) is 6.92 Å². The molecule has 0 atom stereocenters. The van der Waals surface area contributed by atoms with E-state index in [4.69, 9.17) is 0 Å². The SMILES string of the molecule is CCN(c1ncns1)C1CNC1. The van der Waals surface area contributed by atoms with E-state index in [-0.39, 0.29) is 0 Å². The minimum Gasteiger partial charge on any atom is -0.342 e. The van der Waals surface area contributed by atoms with E-state index in [0.717, 1.165) is 24.8 Å². The molecule has 1 fully saturated rings. The third-order valence-electron chi connectivity index (χ3n) is 2.14. The summed E-state index contributed by atoms with van der Waals surface area (Å²) in [6, 6.07) is 0.628. The molecule has 0 bridgehead atoms. The van der Waals surface area contributed by atoms with Crippen LogP contribution in [0.15, 0.2) is 6.33 Å². The van der Waals surface area contributed by atoms with Crippen LogP contribution in [0.1, 0.15) is 6.92 Å². The second-order valence-electron chi connectivity index (χ2n) is 2.82. The first-order valence-corrected chi connectivity index (χ1v) is 4.93. The summed E-state index contributed by atoms with van der Waals surface area (Å²) >= 11 is 1.47. The van der Waals surface area contributed by atoms with Gasteiger partial charge in [-0.2, -0.15) is 4.37 Å². The van der Waals surface area contributed by atoms with Gasteiger partial charge in [-0.1, -0.05) is 0 Å². The fraction of sp³-hybridized carbons (Fsp3) is 0.714. The molecule has 0 amide bonds. The van der Waals surface area contributed by atoms with Crippen LogP contribution in [0.25, 0.3) is 0 Å². The number of hydrogen-bond acceptors (Lipinski definition) is 5. The van der Waals surface area contributed by atoms with Crippen LogP contribution < -0.4 is 10.2 Å². The Morgan fingerprint density at radius 3 is 3.00 bits per heavy atom. The fourth-order valence-corrected chi connectivity index (χ4v) is 2.00. The molecule has 0 unspecified atom stereocenters. The van der Waals surface area contributed by atoms with Crippen molar-refractivity contribution >= 4 is 16.7 Å². The van der Waals surface area contributed by atoms with Crippen LogP contribution in [0.5, 0.6) is 0 Å². The van der Waals surface area contributed by atoms with Crippen LogP contribution in [0.2, 0.25) is 0 Å². The summed E-state index contributed by atoms with van der Waals surface area (Å²) in [5, 5.41) is 4.30.